The molecule has 2 heterocycles. The van der Waals surface area contributed by atoms with Crippen molar-refractivity contribution in [2.75, 3.05) is 20.7 Å². The Morgan fingerprint density at radius 2 is 2.39 bits per heavy atom. The van der Waals surface area contributed by atoms with Crippen LogP contribution in [-0.4, -0.2) is 52.4 Å². The normalized spacial score (nSPS) is 20.9. The van der Waals surface area contributed by atoms with Gasteiger partial charge in [0.05, 0.1) is 7.11 Å². The van der Waals surface area contributed by atoms with E-state index in [4.69, 9.17) is 0 Å². The summed E-state index contributed by atoms with van der Waals surface area (Å²) in [6, 6.07) is 0.615. The molecule has 0 amide bonds. The number of piperidine rings is 1. The number of methoxy groups -OCH3 is 1. The van der Waals surface area contributed by atoms with Crippen LogP contribution in [0.1, 0.15) is 36.3 Å². The Bertz CT molecular complexity index is 405. The monoisotopic (exact) mass is 252 g/mol. The first kappa shape index (κ1) is 13.0. The predicted octanol–water partition coefficient (Wildman–Crippen LogP) is 0.939. The van der Waals surface area contributed by atoms with Crippen molar-refractivity contribution in [3.8, 4) is 0 Å². The molecule has 1 atom stereocenters. The topological polar surface area (TPSA) is 60.2 Å². The molecular weight excluding hydrogens is 232 g/mol. The number of carbonyl (C=O) groups excluding carboxylic acids is 1. The smallest absolute Gasteiger partial charge is 0.377 e. The number of ether oxygens (including phenoxy) is 1. The maximum Gasteiger partial charge on any atom is 0.377 e. The minimum atomic E-state index is -0.483. The van der Waals surface area contributed by atoms with Gasteiger partial charge in [-0.1, -0.05) is 6.42 Å². The third-order valence-electron chi connectivity index (χ3n) is 3.52. The highest BCUT2D eigenvalue weighted by molar-refractivity contribution is 5.84. The molecule has 1 aliphatic heterocycles. The number of nitrogens with zero attached hydrogens (tertiary/aromatic N) is 4. The standard InChI is InChI=1S/C12H20N4O2/c1-15-7-4-3-5-10(15)6-8-16-9-13-11(14-16)12(17)18-2/h9-10H,3-8H2,1-2H3. The van der Waals surface area contributed by atoms with Crippen LogP contribution in [0, 0.1) is 0 Å². The molecule has 0 bridgehead atoms. The van der Waals surface area contributed by atoms with Gasteiger partial charge in [-0.15, -0.1) is 5.10 Å². The molecule has 6 heteroatoms. The highest BCUT2D eigenvalue weighted by atomic mass is 16.5. The van der Waals surface area contributed by atoms with E-state index in [-0.39, 0.29) is 5.82 Å². The number of esters is 1. The van der Waals surface area contributed by atoms with Crippen molar-refractivity contribution < 1.29 is 9.53 Å². The average molecular weight is 252 g/mol. The number of hydrogen-bond donors (Lipinski definition) is 0. The number of carbonyl (C=O) groups is 1. The van der Waals surface area contributed by atoms with Crippen molar-refractivity contribution in [3.63, 3.8) is 0 Å². The average Bonchev–Trinajstić information content (AvgIpc) is 2.86. The summed E-state index contributed by atoms with van der Waals surface area (Å²) >= 11 is 0. The Labute approximate surface area is 107 Å². The molecular formula is C12H20N4O2. The van der Waals surface area contributed by atoms with Crippen molar-refractivity contribution in [1.29, 1.82) is 0 Å². The fraction of sp³-hybridized carbons (Fsp3) is 0.750. The van der Waals surface area contributed by atoms with Gasteiger partial charge in [0.15, 0.2) is 0 Å². The number of rotatable bonds is 4. The summed E-state index contributed by atoms with van der Waals surface area (Å²) in [4.78, 5) is 17.6. The fourth-order valence-electron chi connectivity index (χ4n) is 2.38. The lowest BCUT2D eigenvalue weighted by molar-refractivity contribution is 0.0586. The zero-order valence-electron chi connectivity index (χ0n) is 11.0. The van der Waals surface area contributed by atoms with Crippen LogP contribution in [0.4, 0.5) is 0 Å². The zero-order chi connectivity index (χ0) is 13.0. The van der Waals surface area contributed by atoms with Crippen molar-refractivity contribution in [1.82, 2.24) is 19.7 Å². The van der Waals surface area contributed by atoms with Gasteiger partial charge in [0.2, 0.25) is 0 Å². The van der Waals surface area contributed by atoms with Gasteiger partial charge in [0.1, 0.15) is 6.33 Å². The predicted molar refractivity (Wildman–Crippen MR) is 66.2 cm³/mol. The lowest BCUT2D eigenvalue weighted by atomic mass is 10.0. The molecule has 1 aliphatic rings. The summed E-state index contributed by atoms with van der Waals surface area (Å²) in [5.74, 6) is -0.349. The summed E-state index contributed by atoms with van der Waals surface area (Å²) in [7, 11) is 3.51. The van der Waals surface area contributed by atoms with Crippen molar-refractivity contribution in [2.24, 2.45) is 0 Å². The first-order valence-electron chi connectivity index (χ1n) is 6.38. The second kappa shape index (κ2) is 5.95. The van der Waals surface area contributed by atoms with Gasteiger partial charge >= 0.3 is 5.97 Å². The third kappa shape index (κ3) is 3.07. The Balaban J connectivity index is 1.86. The summed E-state index contributed by atoms with van der Waals surface area (Å²) in [6.07, 6.45) is 6.48. The molecule has 0 saturated carbocycles. The van der Waals surface area contributed by atoms with E-state index in [1.54, 1.807) is 11.0 Å². The quantitative estimate of drug-likeness (QED) is 0.746. The summed E-state index contributed by atoms with van der Waals surface area (Å²) in [5, 5.41) is 4.10. The van der Waals surface area contributed by atoms with Gasteiger partial charge < -0.3 is 9.64 Å². The minimum Gasteiger partial charge on any atom is -0.463 e. The van der Waals surface area contributed by atoms with E-state index in [0.29, 0.717) is 6.04 Å². The fourth-order valence-corrected chi connectivity index (χ4v) is 2.38. The third-order valence-corrected chi connectivity index (χ3v) is 3.52. The van der Waals surface area contributed by atoms with Crippen molar-refractivity contribution in [3.05, 3.63) is 12.2 Å². The number of likely N-dealkylation sites (tertiary alicyclic amines) is 1. The molecule has 0 aliphatic carbocycles. The Hall–Kier alpha value is -1.43. The van der Waals surface area contributed by atoms with E-state index in [1.165, 1.54) is 32.9 Å². The molecule has 0 aromatic carbocycles. The van der Waals surface area contributed by atoms with Crippen LogP contribution in [0.3, 0.4) is 0 Å². The lowest BCUT2D eigenvalue weighted by Gasteiger charge is -2.32. The van der Waals surface area contributed by atoms with E-state index in [1.807, 2.05) is 0 Å². The first-order valence-corrected chi connectivity index (χ1v) is 6.38. The van der Waals surface area contributed by atoms with Crippen LogP contribution >= 0.6 is 0 Å². The van der Waals surface area contributed by atoms with Gasteiger partial charge in [0, 0.05) is 12.6 Å². The molecule has 1 aromatic heterocycles. The van der Waals surface area contributed by atoms with Crippen LogP contribution < -0.4 is 0 Å². The Kier molecular flexibility index (Phi) is 4.30. The van der Waals surface area contributed by atoms with E-state index in [0.717, 1.165) is 13.0 Å². The van der Waals surface area contributed by atoms with E-state index in [2.05, 4.69) is 26.8 Å². The molecule has 1 saturated heterocycles. The minimum absolute atomic E-state index is 0.134. The molecule has 6 nitrogen and oxygen atoms in total. The second-order valence-corrected chi connectivity index (χ2v) is 4.74. The van der Waals surface area contributed by atoms with E-state index in [9.17, 15) is 4.79 Å². The maximum absolute atomic E-state index is 11.2. The molecule has 1 fully saturated rings. The summed E-state index contributed by atoms with van der Waals surface area (Å²) < 4.78 is 6.29. The van der Waals surface area contributed by atoms with Gasteiger partial charge in [-0.05, 0) is 32.9 Å². The summed E-state index contributed by atoms with van der Waals surface area (Å²) in [5.41, 5.74) is 0. The highest BCUT2D eigenvalue weighted by Crippen LogP contribution is 2.18. The van der Waals surface area contributed by atoms with Crippen molar-refractivity contribution in [2.45, 2.75) is 38.3 Å². The second-order valence-electron chi connectivity index (χ2n) is 4.74. The molecule has 0 radical (unpaired) electrons. The molecule has 1 aromatic rings. The van der Waals surface area contributed by atoms with E-state index < -0.39 is 5.97 Å². The van der Waals surface area contributed by atoms with Gasteiger partial charge in [-0.3, -0.25) is 4.68 Å². The van der Waals surface area contributed by atoms with Crippen LogP contribution in [0.5, 0.6) is 0 Å². The van der Waals surface area contributed by atoms with Crippen molar-refractivity contribution >= 4 is 5.97 Å². The van der Waals surface area contributed by atoms with Gasteiger partial charge in [0.25, 0.3) is 5.82 Å². The lowest BCUT2D eigenvalue weighted by Crippen LogP contribution is -2.36. The largest absolute Gasteiger partial charge is 0.463 e. The molecule has 100 valence electrons. The molecule has 0 N–H and O–H groups in total. The highest BCUT2D eigenvalue weighted by Gasteiger charge is 2.19. The summed E-state index contributed by atoms with van der Waals surface area (Å²) in [6.45, 7) is 1.97. The molecule has 0 spiro atoms. The SMILES string of the molecule is COC(=O)c1ncn(CCC2CCCCN2C)n1. The van der Waals surface area contributed by atoms with Gasteiger partial charge in [-0.2, -0.15) is 0 Å². The van der Waals surface area contributed by atoms with Crippen LogP contribution in [-0.2, 0) is 11.3 Å². The van der Waals surface area contributed by atoms with Crippen LogP contribution in [0.15, 0.2) is 6.33 Å². The Morgan fingerprint density at radius 3 is 3.11 bits per heavy atom. The Morgan fingerprint density at radius 1 is 1.56 bits per heavy atom. The zero-order valence-corrected chi connectivity index (χ0v) is 11.0. The molecule has 18 heavy (non-hydrogen) atoms. The van der Waals surface area contributed by atoms with Crippen LogP contribution in [0.2, 0.25) is 0 Å². The van der Waals surface area contributed by atoms with E-state index >= 15 is 0 Å². The molecule has 2 rings (SSSR count). The number of aromatic nitrogens is 3. The number of aryl methyl sites for hydroxylation is 1. The van der Waals surface area contributed by atoms with Crippen LogP contribution in [0.25, 0.3) is 0 Å². The van der Waals surface area contributed by atoms with Gasteiger partial charge in [-0.25, -0.2) is 9.78 Å². The molecule has 1 unspecified atom stereocenters. The number of hydrogen-bond acceptors (Lipinski definition) is 5. The first-order chi connectivity index (χ1) is 8.70. The maximum atomic E-state index is 11.2.